The highest BCUT2D eigenvalue weighted by molar-refractivity contribution is 6.09. The molecule has 2 amide bonds. The lowest BCUT2D eigenvalue weighted by molar-refractivity contribution is -0.119. The number of nitrogens with two attached hydrogens (primary N) is 1. The highest BCUT2D eigenvalue weighted by Crippen LogP contribution is 2.43. The summed E-state index contributed by atoms with van der Waals surface area (Å²) in [6.07, 6.45) is 6.59. The molecule has 10 heteroatoms. The molecular weight excluding hydrogens is 549 g/mol. The number of nitrogens with zero attached hydrogens (tertiary/aromatic N) is 3. The SMILES string of the molecule is NC(=O)CN1CC=C(c2cc3c(-c4cccc(N5CCOc6cc(C7CC7)cc(F)c6C5=O)c4CO)ccnc3[nH]2)CC1. The Morgan fingerprint density at radius 2 is 2.02 bits per heavy atom. The van der Waals surface area contributed by atoms with Gasteiger partial charge in [-0.3, -0.25) is 14.5 Å². The Balaban J connectivity index is 1.25. The Labute approximate surface area is 247 Å². The second-order valence-corrected chi connectivity index (χ2v) is 11.4. The summed E-state index contributed by atoms with van der Waals surface area (Å²) in [5.41, 5.74) is 11.6. The highest BCUT2D eigenvalue weighted by atomic mass is 19.1. The van der Waals surface area contributed by atoms with E-state index in [0.29, 0.717) is 29.4 Å². The number of pyridine rings is 1. The van der Waals surface area contributed by atoms with Crippen molar-refractivity contribution in [2.75, 3.05) is 37.7 Å². The van der Waals surface area contributed by atoms with E-state index in [1.807, 2.05) is 23.1 Å². The zero-order chi connectivity index (χ0) is 29.7. The van der Waals surface area contributed by atoms with Crippen LogP contribution in [0.5, 0.6) is 5.75 Å². The van der Waals surface area contributed by atoms with Gasteiger partial charge in [-0.25, -0.2) is 9.37 Å². The smallest absolute Gasteiger partial charge is 0.265 e. The molecule has 220 valence electrons. The van der Waals surface area contributed by atoms with Gasteiger partial charge in [0.2, 0.25) is 5.91 Å². The molecule has 43 heavy (non-hydrogen) atoms. The standard InChI is InChI=1S/C33H32FN5O4/c34-26-14-21(19-4-5-19)15-29-31(26)33(42)39(12-13-43-29)28-3-1-2-22(25(28)18-40)23-6-9-36-32-24(23)16-27(37-32)20-7-10-38(11-8-20)17-30(35)41/h1-3,6-7,9,14-16,19,40H,4-5,8,10-13,17-18H2,(H2,35,41)(H,36,37). The fourth-order valence-electron chi connectivity index (χ4n) is 6.29. The summed E-state index contributed by atoms with van der Waals surface area (Å²) >= 11 is 0. The molecule has 2 aromatic carbocycles. The molecule has 4 heterocycles. The number of hydrogen-bond acceptors (Lipinski definition) is 6. The molecule has 0 unspecified atom stereocenters. The molecule has 2 aliphatic heterocycles. The number of aromatic nitrogens is 2. The minimum absolute atomic E-state index is 0.0760. The maximum Gasteiger partial charge on any atom is 0.265 e. The van der Waals surface area contributed by atoms with Crippen LogP contribution in [0.15, 0.2) is 54.7 Å². The third-order valence-electron chi connectivity index (χ3n) is 8.60. The lowest BCUT2D eigenvalue weighted by atomic mass is 9.95. The van der Waals surface area contributed by atoms with E-state index in [9.17, 15) is 14.7 Å². The van der Waals surface area contributed by atoms with Crippen LogP contribution in [0.3, 0.4) is 0 Å². The van der Waals surface area contributed by atoms with Crippen molar-refractivity contribution in [2.45, 2.75) is 31.8 Å². The second kappa shape index (κ2) is 10.9. The number of aliphatic hydroxyl groups is 1. The van der Waals surface area contributed by atoms with E-state index in [0.717, 1.165) is 59.2 Å². The average molecular weight is 582 g/mol. The Morgan fingerprint density at radius 1 is 1.16 bits per heavy atom. The van der Waals surface area contributed by atoms with Gasteiger partial charge in [-0.2, -0.15) is 0 Å². The van der Waals surface area contributed by atoms with Crippen LogP contribution in [-0.2, 0) is 11.4 Å². The molecule has 1 aliphatic carbocycles. The first-order valence-corrected chi connectivity index (χ1v) is 14.6. The topological polar surface area (TPSA) is 125 Å². The van der Waals surface area contributed by atoms with Crippen LogP contribution in [0.25, 0.3) is 27.7 Å². The molecule has 0 bridgehead atoms. The number of benzene rings is 2. The number of primary amides is 1. The molecule has 0 saturated heterocycles. The summed E-state index contributed by atoms with van der Waals surface area (Å²) in [6, 6.07) is 12.7. The molecule has 4 aromatic rings. The minimum Gasteiger partial charge on any atom is -0.491 e. The third kappa shape index (κ3) is 5.06. The van der Waals surface area contributed by atoms with E-state index in [1.54, 1.807) is 18.3 Å². The van der Waals surface area contributed by atoms with Crippen LogP contribution in [-0.4, -0.2) is 64.6 Å². The summed E-state index contributed by atoms with van der Waals surface area (Å²) in [7, 11) is 0. The number of anilines is 1. The summed E-state index contributed by atoms with van der Waals surface area (Å²) < 4.78 is 21.3. The van der Waals surface area contributed by atoms with E-state index >= 15 is 4.39 Å². The second-order valence-electron chi connectivity index (χ2n) is 11.4. The number of ether oxygens (including phenoxy) is 1. The Hall–Kier alpha value is -4.54. The maximum absolute atomic E-state index is 15.4. The Morgan fingerprint density at radius 3 is 2.77 bits per heavy atom. The molecule has 4 N–H and O–H groups in total. The van der Waals surface area contributed by atoms with E-state index < -0.39 is 11.7 Å². The molecule has 3 aliphatic rings. The number of rotatable bonds is 7. The average Bonchev–Trinajstić information content (AvgIpc) is 3.78. The Kier molecular flexibility index (Phi) is 6.95. The number of carbonyl (C=O) groups excluding carboxylic acids is 2. The van der Waals surface area contributed by atoms with Crippen molar-refractivity contribution in [3.63, 3.8) is 0 Å². The molecule has 1 fully saturated rings. The van der Waals surface area contributed by atoms with Gasteiger partial charge in [-0.15, -0.1) is 0 Å². The molecule has 0 spiro atoms. The number of amides is 2. The minimum atomic E-state index is -0.580. The molecule has 0 atom stereocenters. The third-order valence-corrected chi connectivity index (χ3v) is 8.60. The van der Waals surface area contributed by atoms with E-state index in [-0.39, 0.29) is 43.5 Å². The van der Waals surface area contributed by atoms with Crippen molar-refractivity contribution in [2.24, 2.45) is 5.73 Å². The van der Waals surface area contributed by atoms with Crippen LogP contribution in [0.4, 0.5) is 10.1 Å². The fraction of sp³-hybridized carbons (Fsp3) is 0.303. The number of aromatic amines is 1. The number of aliphatic hydroxyl groups excluding tert-OH is 1. The normalized spacial score (nSPS) is 17.4. The van der Waals surface area contributed by atoms with Crippen molar-refractivity contribution < 1.29 is 23.8 Å². The van der Waals surface area contributed by atoms with Gasteiger partial charge in [0.05, 0.1) is 25.4 Å². The monoisotopic (exact) mass is 581 g/mol. The first-order valence-electron chi connectivity index (χ1n) is 14.6. The number of halogens is 1. The fourth-order valence-corrected chi connectivity index (χ4v) is 6.29. The van der Waals surface area contributed by atoms with Crippen molar-refractivity contribution in [1.29, 1.82) is 0 Å². The van der Waals surface area contributed by atoms with Gasteiger partial charge >= 0.3 is 0 Å². The van der Waals surface area contributed by atoms with Gasteiger partial charge in [0, 0.05) is 35.9 Å². The van der Waals surface area contributed by atoms with Crippen molar-refractivity contribution >= 4 is 34.1 Å². The van der Waals surface area contributed by atoms with Gasteiger partial charge in [0.25, 0.3) is 5.91 Å². The van der Waals surface area contributed by atoms with Gasteiger partial charge < -0.3 is 25.5 Å². The maximum atomic E-state index is 15.4. The van der Waals surface area contributed by atoms with Crippen molar-refractivity contribution in [1.82, 2.24) is 14.9 Å². The summed E-state index contributed by atoms with van der Waals surface area (Å²) in [4.78, 5) is 36.6. The number of nitrogens with one attached hydrogen (secondary N) is 1. The van der Waals surface area contributed by atoms with Gasteiger partial charge in [0.15, 0.2) is 0 Å². The first-order chi connectivity index (χ1) is 20.9. The number of hydrogen-bond donors (Lipinski definition) is 3. The van der Waals surface area contributed by atoms with Gasteiger partial charge in [-0.05, 0) is 77.8 Å². The predicted octanol–water partition coefficient (Wildman–Crippen LogP) is 4.35. The van der Waals surface area contributed by atoms with Crippen molar-refractivity contribution in [3.8, 4) is 16.9 Å². The lowest BCUT2D eigenvalue weighted by Crippen LogP contribution is -2.36. The molecule has 9 nitrogen and oxygen atoms in total. The molecule has 0 radical (unpaired) electrons. The van der Waals surface area contributed by atoms with E-state index in [2.05, 4.69) is 22.1 Å². The number of carbonyl (C=O) groups is 2. The molecular formula is C33H32FN5O4. The van der Waals surface area contributed by atoms with Crippen LogP contribution in [0.2, 0.25) is 0 Å². The lowest BCUT2D eigenvalue weighted by Gasteiger charge is -2.24. The van der Waals surface area contributed by atoms with Crippen LogP contribution < -0.4 is 15.4 Å². The predicted molar refractivity (Wildman–Crippen MR) is 161 cm³/mol. The van der Waals surface area contributed by atoms with Gasteiger partial charge in [-0.1, -0.05) is 18.2 Å². The number of H-pyrrole nitrogens is 1. The van der Waals surface area contributed by atoms with Crippen LogP contribution in [0, 0.1) is 5.82 Å². The van der Waals surface area contributed by atoms with Crippen LogP contribution >= 0.6 is 0 Å². The molecule has 2 aromatic heterocycles. The molecule has 1 saturated carbocycles. The zero-order valence-corrected chi connectivity index (χ0v) is 23.6. The van der Waals surface area contributed by atoms with Crippen LogP contribution in [0.1, 0.15) is 52.4 Å². The summed E-state index contributed by atoms with van der Waals surface area (Å²) in [6.45, 7) is 1.67. The Bertz CT molecular complexity index is 1790. The number of fused-ring (bicyclic) bond motifs is 2. The summed E-state index contributed by atoms with van der Waals surface area (Å²) in [5.74, 6) is -0.806. The first kappa shape index (κ1) is 27.3. The van der Waals surface area contributed by atoms with Gasteiger partial charge in [0.1, 0.15) is 29.4 Å². The highest BCUT2D eigenvalue weighted by Gasteiger charge is 2.33. The van der Waals surface area contributed by atoms with E-state index in [4.69, 9.17) is 10.5 Å². The quantitative estimate of drug-likeness (QED) is 0.298. The summed E-state index contributed by atoms with van der Waals surface area (Å²) in [5, 5.41) is 11.5. The van der Waals surface area contributed by atoms with E-state index in [1.165, 1.54) is 11.0 Å². The zero-order valence-electron chi connectivity index (χ0n) is 23.6. The molecule has 7 rings (SSSR count). The largest absolute Gasteiger partial charge is 0.491 e. The van der Waals surface area contributed by atoms with Crippen molar-refractivity contribution in [3.05, 3.63) is 82.9 Å².